The third-order valence-electron chi connectivity index (χ3n) is 2.09. The van der Waals surface area contributed by atoms with Crippen LogP contribution in [-0.4, -0.2) is 4.98 Å². The Morgan fingerprint density at radius 2 is 1.94 bits per heavy atom. The number of anilines is 1. The van der Waals surface area contributed by atoms with Gasteiger partial charge in [-0.1, -0.05) is 23.2 Å². The second kappa shape index (κ2) is 4.28. The van der Waals surface area contributed by atoms with Crippen molar-refractivity contribution >= 4 is 28.9 Å². The van der Waals surface area contributed by atoms with Gasteiger partial charge in [-0.2, -0.15) is 0 Å². The Morgan fingerprint density at radius 3 is 2.56 bits per heavy atom. The topological polar surface area (TPSA) is 38.9 Å². The van der Waals surface area contributed by atoms with Crippen LogP contribution in [0.15, 0.2) is 30.5 Å². The third-order valence-corrected chi connectivity index (χ3v) is 2.64. The maximum Gasteiger partial charge on any atom is 0.134 e. The molecule has 0 fully saturated rings. The number of nitrogens with two attached hydrogens (primary N) is 1. The highest BCUT2D eigenvalue weighted by atomic mass is 35.5. The molecule has 0 aliphatic heterocycles. The minimum atomic E-state index is -0.443. The van der Waals surface area contributed by atoms with E-state index in [2.05, 4.69) is 4.98 Å². The Bertz CT molecular complexity index is 544. The quantitative estimate of drug-likeness (QED) is 0.844. The fraction of sp³-hybridized carbons (Fsp3) is 0. The van der Waals surface area contributed by atoms with Gasteiger partial charge in [-0.05, 0) is 24.3 Å². The highest BCUT2D eigenvalue weighted by molar-refractivity contribution is 6.33. The fourth-order valence-corrected chi connectivity index (χ4v) is 1.56. The van der Waals surface area contributed by atoms with Crippen LogP contribution in [0.3, 0.4) is 0 Å². The van der Waals surface area contributed by atoms with Crippen LogP contribution in [0.4, 0.5) is 10.1 Å². The molecular formula is C11H7Cl2FN2. The molecule has 0 radical (unpaired) electrons. The molecule has 0 saturated carbocycles. The van der Waals surface area contributed by atoms with Crippen molar-refractivity contribution in [2.75, 3.05) is 5.73 Å². The number of halogens is 3. The Balaban J connectivity index is 2.54. The second-order valence-electron chi connectivity index (χ2n) is 3.22. The summed E-state index contributed by atoms with van der Waals surface area (Å²) < 4.78 is 13.6. The summed E-state index contributed by atoms with van der Waals surface area (Å²) in [6, 6.07) is 5.89. The standard InChI is InChI=1S/C11H7Cl2FN2/c12-6-1-2-7(9(14)3-6)11-4-10(15)8(13)5-16-11/h1-5H,(H2,15,16). The van der Waals surface area contributed by atoms with Crippen LogP contribution in [0.1, 0.15) is 0 Å². The van der Waals surface area contributed by atoms with Crippen molar-refractivity contribution in [2.24, 2.45) is 0 Å². The Morgan fingerprint density at radius 1 is 1.19 bits per heavy atom. The van der Waals surface area contributed by atoms with Gasteiger partial charge in [0, 0.05) is 16.8 Å². The van der Waals surface area contributed by atoms with Crippen molar-refractivity contribution in [1.29, 1.82) is 0 Å². The molecule has 82 valence electrons. The molecule has 0 saturated heterocycles. The monoisotopic (exact) mass is 256 g/mol. The zero-order valence-corrected chi connectivity index (χ0v) is 9.56. The molecule has 0 amide bonds. The van der Waals surface area contributed by atoms with E-state index in [9.17, 15) is 4.39 Å². The molecule has 1 aromatic carbocycles. The Hall–Kier alpha value is -1.32. The summed E-state index contributed by atoms with van der Waals surface area (Å²) in [5, 5.41) is 0.682. The molecule has 0 aliphatic carbocycles. The number of nitrogen functional groups attached to an aromatic ring is 1. The predicted octanol–water partition coefficient (Wildman–Crippen LogP) is 3.78. The van der Waals surface area contributed by atoms with Gasteiger partial charge in [0.1, 0.15) is 5.82 Å². The molecule has 0 atom stereocenters. The van der Waals surface area contributed by atoms with Crippen LogP contribution in [0.2, 0.25) is 10.0 Å². The minimum Gasteiger partial charge on any atom is -0.397 e. The lowest BCUT2D eigenvalue weighted by Crippen LogP contribution is -1.92. The van der Waals surface area contributed by atoms with Crippen molar-refractivity contribution in [1.82, 2.24) is 4.98 Å². The van der Waals surface area contributed by atoms with E-state index >= 15 is 0 Å². The molecule has 0 spiro atoms. The molecule has 2 aromatic rings. The van der Waals surface area contributed by atoms with E-state index in [1.165, 1.54) is 18.3 Å². The lowest BCUT2D eigenvalue weighted by atomic mass is 10.1. The Kier molecular flexibility index (Phi) is 2.99. The van der Waals surface area contributed by atoms with E-state index in [1.807, 2.05) is 0 Å². The summed E-state index contributed by atoms with van der Waals surface area (Å²) in [7, 11) is 0. The summed E-state index contributed by atoms with van der Waals surface area (Å²) in [4.78, 5) is 4.00. The highest BCUT2D eigenvalue weighted by Crippen LogP contribution is 2.27. The van der Waals surface area contributed by atoms with E-state index in [1.54, 1.807) is 12.1 Å². The van der Waals surface area contributed by atoms with Crippen molar-refractivity contribution in [2.45, 2.75) is 0 Å². The summed E-state index contributed by atoms with van der Waals surface area (Å²) in [5.41, 5.74) is 6.75. The van der Waals surface area contributed by atoms with Crippen molar-refractivity contribution in [3.8, 4) is 11.3 Å². The van der Waals surface area contributed by atoms with Crippen molar-refractivity contribution < 1.29 is 4.39 Å². The number of rotatable bonds is 1. The zero-order chi connectivity index (χ0) is 11.7. The molecule has 0 aliphatic rings. The summed E-state index contributed by atoms with van der Waals surface area (Å²) >= 11 is 11.4. The first kappa shape index (κ1) is 11.2. The number of aromatic nitrogens is 1. The molecule has 2 rings (SSSR count). The third kappa shape index (κ3) is 2.10. The first-order valence-corrected chi connectivity index (χ1v) is 5.20. The molecule has 2 N–H and O–H groups in total. The van der Waals surface area contributed by atoms with Gasteiger partial charge < -0.3 is 5.73 Å². The molecule has 16 heavy (non-hydrogen) atoms. The largest absolute Gasteiger partial charge is 0.397 e. The van der Waals surface area contributed by atoms with Crippen LogP contribution in [-0.2, 0) is 0 Å². The number of hydrogen-bond acceptors (Lipinski definition) is 2. The summed E-state index contributed by atoms with van der Waals surface area (Å²) in [6.45, 7) is 0. The van der Waals surface area contributed by atoms with Crippen LogP contribution in [0.5, 0.6) is 0 Å². The van der Waals surface area contributed by atoms with Gasteiger partial charge in [-0.3, -0.25) is 4.98 Å². The average molecular weight is 257 g/mol. The van der Waals surface area contributed by atoms with E-state index in [-0.39, 0.29) is 0 Å². The summed E-state index contributed by atoms with van der Waals surface area (Å²) in [6.07, 6.45) is 1.39. The van der Waals surface area contributed by atoms with Gasteiger partial charge >= 0.3 is 0 Å². The molecular weight excluding hydrogens is 250 g/mol. The van der Waals surface area contributed by atoms with E-state index < -0.39 is 5.82 Å². The van der Waals surface area contributed by atoms with Crippen molar-refractivity contribution in [3.05, 3.63) is 46.3 Å². The normalized spacial score (nSPS) is 10.4. The zero-order valence-electron chi connectivity index (χ0n) is 8.05. The van der Waals surface area contributed by atoms with Gasteiger partial charge in [0.05, 0.1) is 16.4 Å². The Labute approximate surface area is 102 Å². The van der Waals surface area contributed by atoms with Gasteiger partial charge in [-0.25, -0.2) is 4.39 Å². The first-order chi connectivity index (χ1) is 7.58. The lowest BCUT2D eigenvalue weighted by Gasteiger charge is -2.05. The smallest absolute Gasteiger partial charge is 0.134 e. The van der Waals surface area contributed by atoms with Gasteiger partial charge in [-0.15, -0.1) is 0 Å². The van der Waals surface area contributed by atoms with E-state index in [4.69, 9.17) is 28.9 Å². The first-order valence-electron chi connectivity index (χ1n) is 4.44. The van der Waals surface area contributed by atoms with Crippen LogP contribution in [0, 0.1) is 5.82 Å². The number of nitrogens with zero attached hydrogens (tertiary/aromatic N) is 1. The lowest BCUT2D eigenvalue weighted by molar-refractivity contribution is 0.631. The second-order valence-corrected chi connectivity index (χ2v) is 4.06. The molecule has 5 heteroatoms. The van der Waals surface area contributed by atoms with Gasteiger partial charge in [0.15, 0.2) is 0 Å². The SMILES string of the molecule is Nc1cc(-c2ccc(Cl)cc2F)ncc1Cl. The molecule has 2 nitrogen and oxygen atoms in total. The van der Waals surface area contributed by atoms with Crippen LogP contribution < -0.4 is 5.73 Å². The summed E-state index contributed by atoms with van der Waals surface area (Å²) in [5.74, 6) is -0.443. The number of benzene rings is 1. The molecule has 1 aromatic heterocycles. The molecule has 0 unspecified atom stereocenters. The number of pyridine rings is 1. The van der Waals surface area contributed by atoms with Gasteiger partial charge in [0.25, 0.3) is 0 Å². The van der Waals surface area contributed by atoms with Crippen LogP contribution in [0.25, 0.3) is 11.3 Å². The van der Waals surface area contributed by atoms with E-state index in [0.717, 1.165) is 0 Å². The highest BCUT2D eigenvalue weighted by Gasteiger charge is 2.08. The minimum absolute atomic E-state index is 0.336. The number of hydrogen-bond donors (Lipinski definition) is 1. The maximum absolute atomic E-state index is 13.6. The van der Waals surface area contributed by atoms with Gasteiger partial charge in [0.2, 0.25) is 0 Å². The molecule has 1 heterocycles. The van der Waals surface area contributed by atoms with Crippen LogP contribution >= 0.6 is 23.2 Å². The predicted molar refractivity (Wildman–Crippen MR) is 64.1 cm³/mol. The fourth-order valence-electron chi connectivity index (χ4n) is 1.30. The average Bonchev–Trinajstić information content (AvgIpc) is 2.22. The van der Waals surface area contributed by atoms with Crippen molar-refractivity contribution in [3.63, 3.8) is 0 Å². The van der Waals surface area contributed by atoms with E-state index in [0.29, 0.717) is 27.0 Å². The maximum atomic E-state index is 13.6. The molecule has 0 bridgehead atoms.